The van der Waals surface area contributed by atoms with E-state index >= 15 is 0 Å². The molecule has 4 aromatic rings. The van der Waals surface area contributed by atoms with Crippen LogP contribution in [-0.2, 0) is 21.3 Å². The predicted octanol–water partition coefficient (Wildman–Crippen LogP) is 3.84. The first-order valence-electron chi connectivity index (χ1n) is 14.7. The van der Waals surface area contributed by atoms with Crippen molar-refractivity contribution in [1.29, 1.82) is 0 Å². The lowest BCUT2D eigenvalue weighted by molar-refractivity contribution is 0.0904. The Balaban J connectivity index is 1.15. The maximum Gasteiger partial charge on any atom is 0.323 e. The first-order chi connectivity index (χ1) is 21.3. The molecule has 0 radical (unpaired) electrons. The van der Waals surface area contributed by atoms with Gasteiger partial charge in [0.2, 0.25) is 10.0 Å². The summed E-state index contributed by atoms with van der Waals surface area (Å²) in [6.07, 6.45) is 6.67. The number of anilines is 3. The third-order valence-corrected chi connectivity index (χ3v) is 10.8. The smallest absolute Gasteiger partial charge is 0.323 e. The van der Waals surface area contributed by atoms with E-state index in [1.54, 1.807) is 40.2 Å². The quantitative estimate of drug-likeness (QED) is 0.311. The molecule has 0 saturated carbocycles. The van der Waals surface area contributed by atoms with Crippen LogP contribution >= 0.6 is 11.3 Å². The molecule has 230 valence electrons. The fraction of sp³-hybridized carbons (Fsp3) is 0.400. The fourth-order valence-corrected chi connectivity index (χ4v) is 8.15. The number of pyridine rings is 1. The number of rotatable bonds is 7. The van der Waals surface area contributed by atoms with E-state index in [1.807, 2.05) is 24.3 Å². The summed E-state index contributed by atoms with van der Waals surface area (Å²) in [5.41, 5.74) is 3.02. The van der Waals surface area contributed by atoms with E-state index in [4.69, 9.17) is 14.7 Å². The number of aromatic nitrogens is 3. The minimum Gasteiger partial charge on any atom is -0.377 e. The number of piperazine rings is 1. The first kappa shape index (κ1) is 29.0. The van der Waals surface area contributed by atoms with E-state index < -0.39 is 10.0 Å². The van der Waals surface area contributed by atoms with Crippen LogP contribution in [0.4, 0.5) is 22.0 Å². The Labute approximate surface area is 260 Å². The van der Waals surface area contributed by atoms with Gasteiger partial charge in [-0.2, -0.15) is 4.31 Å². The second-order valence-electron chi connectivity index (χ2n) is 11.5. The number of carbonyl (C=O) groups is 1. The average Bonchev–Trinajstić information content (AvgIpc) is 3.53. The molecule has 1 aromatic carbocycles. The van der Waals surface area contributed by atoms with Crippen molar-refractivity contribution < 1.29 is 17.9 Å². The van der Waals surface area contributed by atoms with Gasteiger partial charge in [0.15, 0.2) is 11.6 Å². The number of hydrogen-bond acceptors (Lipinski definition) is 10. The number of carbonyl (C=O) groups excluding carboxylic acids is 1. The summed E-state index contributed by atoms with van der Waals surface area (Å²) >= 11 is 1.72. The molecule has 0 spiro atoms. The van der Waals surface area contributed by atoms with E-state index in [2.05, 4.69) is 31.5 Å². The van der Waals surface area contributed by atoms with Crippen molar-refractivity contribution in [3.8, 4) is 11.4 Å². The van der Waals surface area contributed by atoms with Crippen LogP contribution in [0.25, 0.3) is 21.6 Å². The number of hydrogen-bond donors (Lipinski definition) is 2. The third-order valence-electron chi connectivity index (χ3n) is 8.39. The summed E-state index contributed by atoms with van der Waals surface area (Å²) in [4.78, 5) is 32.6. The normalized spacial score (nSPS) is 21.1. The van der Waals surface area contributed by atoms with Crippen LogP contribution in [0.15, 0.2) is 54.9 Å². The number of morpholine rings is 1. The molecule has 2 unspecified atom stereocenters. The summed E-state index contributed by atoms with van der Waals surface area (Å²) in [6, 6.07) is 13.5. The molecular formula is C30H34N8O4S2. The van der Waals surface area contributed by atoms with E-state index in [9.17, 15) is 13.2 Å². The van der Waals surface area contributed by atoms with Gasteiger partial charge in [-0.05, 0) is 55.3 Å². The van der Waals surface area contributed by atoms with Crippen LogP contribution in [0.2, 0.25) is 0 Å². The van der Waals surface area contributed by atoms with E-state index in [0.29, 0.717) is 68.7 Å². The number of nitrogens with one attached hydrogen (secondary N) is 2. The molecule has 7 rings (SSSR count). The lowest BCUT2D eigenvalue weighted by Crippen LogP contribution is -2.47. The van der Waals surface area contributed by atoms with Crippen molar-refractivity contribution in [2.24, 2.45) is 0 Å². The van der Waals surface area contributed by atoms with Crippen LogP contribution in [0, 0.1) is 0 Å². The van der Waals surface area contributed by atoms with Crippen molar-refractivity contribution in [3.05, 3.63) is 59.7 Å². The van der Waals surface area contributed by atoms with Crippen LogP contribution in [0.5, 0.6) is 0 Å². The van der Waals surface area contributed by atoms with Crippen LogP contribution in [-0.4, -0.2) is 96.3 Å². The van der Waals surface area contributed by atoms with Crippen LogP contribution < -0.4 is 15.5 Å². The standard InChI is InChI=1S/C30H34N8O4S2/c1-44(40,41)37-13-11-36(12-14-37)17-25-15-26-27(43-25)29(38-23-8-9-24(38)19-42-18-23)35-28(34-26)20-4-6-21(7-5-20)32-30(39)33-22-3-2-10-31-16-22/h2-7,10,15-16,23-24H,8-9,11-14,17-19H2,1H3,(H2,32,33,39). The topological polar surface area (TPSA) is 133 Å². The van der Waals surface area contributed by atoms with Gasteiger partial charge in [-0.25, -0.2) is 23.2 Å². The summed E-state index contributed by atoms with van der Waals surface area (Å²) in [5, 5.41) is 5.63. The van der Waals surface area contributed by atoms with Crippen molar-refractivity contribution in [2.45, 2.75) is 31.5 Å². The summed E-state index contributed by atoms with van der Waals surface area (Å²) < 4.78 is 32.4. The number of sulfonamides is 1. The molecule has 2 atom stereocenters. The molecule has 3 aliphatic heterocycles. The second kappa shape index (κ2) is 12.0. The Kier molecular flexibility index (Phi) is 7.93. The number of thiophene rings is 1. The largest absolute Gasteiger partial charge is 0.377 e. The van der Waals surface area contributed by atoms with Gasteiger partial charge in [-0.3, -0.25) is 9.88 Å². The first-order valence-corrected chi connectivity index (χ1v) is 17.4. The molecule has 3 aliphatic rings. The number of benzene rings is 1. The highest BCUT2D eigenvalue weighted by molar-refractivity contribution is 7.88. The zero-order chi connectivity index (χ0) is 30.3. The molecule has 3 aromatic heterocycles. The van der Waals surface area contributed by atoms with Crippen LogP contribution in [0.1, 0.15) is 17.7 Å². The van der Waals surface area contributed by atoms with Gasteiger partial charge in [-0.15, -0.1) is 11.3 Å². The Morgan fingerprint density at radius 2 is 1.73 bits per heavy atom. The van der Waals surface area contributed by atoms with Crippen molar-refractivity contribution in [2.75, 3.05) is 61.2 Å². The van der Waals surface area contributed by atoms with Crippen molar-refractivity contribution in [3.63, 3.8) is 0 Å². The highest BCUT2D eigenvalue weighted by atomic mass is 32.2. The molecule has 2 bridgehead atoms. The minimum atomic E-state index is -3.17. The van der Waals surface area contributed by atoms with Crippen molar-refractivity contribution in [1.82, 2.24) is 24.2 Å². The maximum atomic E-state index is 12.5. The maximum absolute atomic E-state index is 12.5. The molecule has 3 fully saturated rings. The summed E-state index contributed by atoms with van der Waals surface area (Å²) in [5.74, 6) is 1.59. The van der Waals surface area contributed by atoms with Crippen molar-refractivity contribution >= 4 is 54.8 Å². The van der Waals surface area contributed by atoms with Gasteiger partial charge >= 0.3 is 6.03 Å². The van der Waals surface area contributed by atoms with Gasteiger partial charge in [0.25, 0.3) is 0 Å². The third kappa shape index (κ3) is 6.13. The molecule has 12 nitrogen and oxygen atoms in total. The molecule has 3 saturated heterocycles. The molecule has 2 amide bonds. The number of urea groups is 1. The Bertz CT molecular complexity index is 1740. The summed E-state index contributed by atoms with van der Waals surface area (Å²) in [6.45, 7) is 4.53. The monoisotopic (exact) mass is 634 g/mol. The lowest BCUT2D eigenvalue weighted by Gasteiger charge is -2.36. The Hall–Kier alpha value is -3.69. The van der Waals surface area contributed by atoms with Crippen LogP contribution in [0.3, 0.4) is 0 Å². The van der Waals surface area contributed by atoms with E-state index in [0.717, 1.165) is 41.0 Å². The lowest BCUT2D eigenvalue weighted by atomic mass is 10.2. The number of amides is 2. The molecular weight excluding hydrogens is 601 g/mol. The Morgan fingerprint density at radius 3 is 2.41 bits per heavy atom. The van der Waals surface area contributed by atoms with Gasteiger partial charge in [0.05, 0.1) is 53.7 Å². The molecule has 44 heavy (non-hydrogen) atoms. The van der Waals surface area contributed by atoms with Gasteiger partial charge < -0.3 is 20.3 Å². The zero-order valence-corrected chi connectivity index (χ0v) is 26.0. The summed E-state index contributed by atoms with van der Waals surface area (Å²) in [7, 11) is -3.17. The fourth-order valence-electron chi connectivity index (χ4n) is 6.19. The minimum absolute atomic E-state index is 0.291. The van der Waals surface area contributed by atoms with Gasteiger partial charge in [0, 0.05) is 55.0 Å². The average molecular weight is 635 g/mol. The SMILES string of the molecule is CS(=O)(=O)N1CCN(Cc2cc3nc(-c4ccc(NC(=O)Nc5cccnc5)cc4)nc(N4C5CCC4COC5)c3s2)CC1. The second-order valence-corrected chi connectivity index (χ2v) is 14.6. The van der Waals surface area contributed by atoms with E-state index in [1.165, 1.54) is 11.1 Å². The van der Waals surface area contributed by atoms with Gasteiger partial charge in [0.1, 0.15) is 0 Å². The molecule has 2 N–H and O–H groups in total. The zero-order valence-electron chi connectivity index (χ0n) is 24.3. The highest BCUT2D eigenvalue weighted by Gasteiger charge is 2.39. The highest BCUT2D eigenvalue weighted by Crippen LogP contribution is 2.41. The Morgan fingerprint density at radius 1 is 1.00 bits per heavy atom. The van der Waals surface area contributed by atoms with E-state index in [-0.39, 0.29) is 6.03 Å². The number of ether oxygens (including phenoxy) is 1. The molecule has 6 heterocycles. The molecule has 0 aliphatic carbocycles. The number of nitrogens with zero attached hydrogens (tertiary/aromatic N) is 6. The number of fused-ring (bicyclic) bond motifs is 3. The molecule has 14 heteroatoms. The predicted molar refractivity (Wildman–Crippen MR) is 172 cm³/mol. The van der Waals surface area contributed by atoms with Gasteiger partial charge in [-0.1, -0.05) is 0 Å².